The van der Waals surface area contributed by atoms with Gasteiger partial charge in [0.2, 0.25) is 0 Å². The largest absolute Gasteiger partial charge is 0.496 e. The highest BCUT2D eigenvalue weighted by Crippen LogP contribution is 2.72. The Kier molecular flexibility index (Phi) is 10.9. The fourth-order valence-electron chi connectivity index (χ4n) is 10.8. The van der Waals surface area contributed by atoms with Crippen molar-refractivity contribution in [1.82, 2.24) is 0 Å². The third kappa shape index (κ3) is 6.49. The number of rotatable bonds is 9. The van der Waals surface area contributed by atoms with Gasteiger partial charge in [0.05, 0.1) is 31.3 Å². The number of hydrogen-bond acceptors (Lipinski definition) is 11. The molecule has 4 unspecified atom stereocenters. The normalized spacial score (nSPS) is 37.6. The highest BCUT2D eigenvalue weighted by atomic mass is 16.6. The zero-order chi connectivity index (χ0) is 37.5. The number of esters is 4. The van der Waals surface area contributed by atoms with Crippen LogP contribution in [0.2, 0.25) is 0 Å². The first-order valence-corrected chi connectivity index (χ1v) is 17.9. The Morgan fingerprint density at radius 3 is 2.27 bits per heavy atom. The van der Waals surface area contributed by atoms with Crippen LogP contribution in [0, 0.1) is 34.0 Å². The number of aliphatic hydroxyl groups is 1. The molecule has 11 atom stereocenters. The van der Waals surface area contributed by atoms with Crippen LogP contribution in [0.15, 0.2) is 48.1 Å². The molecule has 4 aliphatic rings. The number of allylic oxidation sites excluding steroid dienone is 1. The van der Waals surface area contributed by atoms with Crippen molar-refractivity contribution in [2.45, 2.75) is 111 Å². The van der Waals surface area contributed by atoms with Crippen molar-refractivity contribution in [2.75, 3.05) is 20.3 Å². The van der Waals surface area contributed by atoms with Crippen LogP contribution in [0.1, 0.15) is 80.2 Å². The second-order valence-electron chi connectivity index (χ2n) is 15.4. The molecule has 1 aromatic carbocycles. The molecule has 11 heteroatoms. The lowest BCUT2D eigenvalue weighted by Crippen LogP contribution is -2.76. The molecule has 5 rings (SSSR count). The van der Waals surface area contributed by atoms with Crippen LogP contribution in [0.3, 0.4) is 0 Å². The number of fused-ring (bicyclic) bond motifs is 5. The van der Waals surface area contributed by atoms with E-state index in [1.807, 2.05) is 50.3 Å². The van der Waals surface area contributed by atoms with Gasteiger partial charge in [0, 0.05) is 44.9 Å². The SMILES string of the molecule is COc1ccccc1CC[C@]1(O)C(C)=C[C@@H](OC(C)=O)[C@]2(C)C3[C@H](OC(C)=O)[C@H](OC(C)=O)[C@@]4(C(C)OC(C)=O)COCC=CC4[C@]3(C)CCC21. The Hall–Kier alpha value is -3.70. The monoisotopic (exact) mass is 710 g/mol. The highest BCUT2D eigenvalue weighted by Gasteiger charge is 2.76. The lowest BCUT2D eigenvalue weighted by Gasteiger charge is -2.71. The summed E-state index contributed by atoms with van der Waals surface area (Å²) in [5.41, 5.74) is -2.68. The smallest absolute Gasteiger partial charge is 0.303 e. The van der Waals surface area contributed by atoms with Crippen LogP contribution in [-0.2, 0) is 49.3 Å². The van der Waals surface area contributed by atoms with Crippen LogP contribution in [-0.4, -0.2) is 79.3 Å². The van der Waals surface area contributed by atoms with E-state index in [0.29, 0.717) is 31.3 Å². The molecule has 51 heavy (non-hydrogen) atoms. The number of methoxy groups -OCH3 is 1. The van der Waals surface area contributed by atoms with Crippen molar-refractivity contribution in [3.05, 3.63) is 53.6 Å². The first kappa shape index (κ1) is 38.5. The minimum Gasteiger partial charge on any atom is -0.496 e. The van der Waals surface area contributed by atoms with E-state index < -0.39 is 87.9 Å². The molecule has 0 bridgehead atoms. The summed E-state index contributed by atoms with van der Waals surface area (Å²) in [7, 11) is 1.62. The van der Waals surface area contributed by atoms with E-state index in [0.717, 1.165) is 11.3 Å². The molecular formula is C40H54O11. The van der Waals surface area contributed by atoms with Gasteiger partial charge in [0.1, 0.15) is 24.1 Å². The molecule has 2 fully saturated rings. The van der Waals surface area contributed by atoms with Gasteiger partial charge in [0.15, 0.2) is 6.10 Å². The number of carbonyl (C=O) groups excluding carboxylic acids is 4. The summed E-state index contributed by atoms with van der Waals surface area (Å²) in [6.45, 7) is 13.4. The van der Waals surface area contributed by atoms with Crippen LogP contribution < -0.4 is 4.74 Å². The second-order valence-corrected chi connectivity index (χ2v) is 15.4. The molecule has 1 aliphatic heterocycles. The Bertz CT molecular complexity index is 1580. The number of ether oxygens (including phenoxy) is 6. The molecule has 0 saturated heterocycles. The van der Waals surface area contributed by atoms with E-state index in [-0.39, 0.29) is 13.2 Å². The van der Waals surface area contributed by atoms with Gasteiger partial charge in [-0.15, -0.1) is 0 Å². The second kappa shape index (κ2) is 14.4. The van der Waals surface area contributed by atoms with Crippen molar-refractivity contribution in [3.8, 4) is 5.75 Å². The molecule has 0 aromatic heterocycles. The molecule has 11 nitrogen and oxygen atoms in total. The maximum absolute atomic E-state index is 13.2. The van der Waals surface area contributed by atoms with Gasteiger partial charge in [-0.3, -0.25) is 19.2 Å². The molecule has 3 aliphatic carbocycles. The predicted molar refractivity (Wildman–Crippen MR) is 186 cm³/mol. The molecule has 1 aromatic rings. The summed E-state index contributed by atoms with van der Waals surface area (Å²) in [5.74, 6) is -3.02. The van der Waals surface area contributed by atoms with Crippen molar-refractivity contribution in [3.63, 3.8) is 0 Å². The number of hydrogen-bond donors (Lipinski definition) is 1. The first-order chi connectivity index (χ1) is 24.0. The van der Waals surface area contributed by atoms with Crippen molar-refractivity contribution < 1.29 is 52.7 Å². The fourth-order valence-corrected chi connectivity index (χ4v) is 10.8. The Morgan fingerprint density at radius 2 is 1.65 bits per heavy atom. The maximum Gasteiger partial charge on any atom is 0.303 e. The maximum atomic E-state index is 13.2. The van der Waals surface area contributed by atoms with Crippen LogP contribution >= 0.6 is 0 Å². The quantitative estimate of drug-likeness (QED) is 0.202. The van der Waals surface area contributed by atoms with Gasteiger partial charge in [-0.2, -0.15) is 0 Å². The number of para-hydroxylation sites is 1. The van der Waals surface area contributed by atoms with Crippen molar-refractivity contribution >= 4 is 23.9 Å². The Morgan fingerprint density at radius 1 is 0.980 bits per heavy atom. The Labute approximate surface area is 301 Å². The van der Waals surface area contributed by atoms with E-state index in [1.54, 1.807) is 14.0 Å². The first-order valence-electron chi connectivity index (χ1n) is 17.9. The average Bonchev–Trinajstić information content (AvgIpc) is 3.28. The summed E-state index contributed by atoms with van der Waals surface area (Å²) < 4.78 is 36.5. The number of aryl methyl sites for hydroxylation is 1. The molecule has 0 spiro atoms. The molecule has 1 N–H and O–H groups in total. The summed E-state index contributed by atoms with van der Waals surface area (Å²) >= 11 is 0. The third-order valence-corrected chi connectivity index (χ3v) is 12.7. The van der Waals surface area contributed by atoms with E-state index in [9.17, 15) is 24.3 Å². The molecule has 0 amide bonds. The van der Waals surface area contributed by atoms with Gasteiger partial charge in [0.25, 0.3) is 0 Å². The van der Waals surface area contributed by atoms with Crippen LogP contribution in [0.4, 0.5) is 0 Å². The average molecular weight is 711 g/mol. The third-order valence-electron chi connectivity index (χ3n) is 12.7. The lowest BCUT2D eigenvalue weighted by molar-refractivity contribution is -0.304. The molecule has 1 heterocycles. The summed E-state index contributed by atoms with van der Waals surface area (Å²) in [4.78, 5) is 51.6. The van der Waals surface area contributed by atoms with E-state index in [2.05, 4.69) is 13.0 Å². The van der Waals surface area contributed by atoms with E-state index in [4.69, 9.17) is 28.4 Å². The van der Waals surface area contributed by atoms with Gasteiger partial charge in [-0.25, -0.2) is 0 Å². The zero-order valence-corrected chi connectivity index (χ0v) is 31.4. The van der Waals surface area contributed by atoms with Gasteiger partial charge in [-0.05, 0) is 74.1 Å². The number of carbonyl (C=O) groups is 4. The zero-order valence-electron chi connectivity index (χ0n) is 31.4. The standard InChI is InChI=1S/C40H54O11/c1-23-21-33(49-26(4)42)38(8)32(40(23,45)19-16-29-13-10-11-14-30(29)46-9)17-18-37(7)31-15-12-20-47-22-39(31,24(2)48-25(3)41)36(51-28(6)44)34(35(37)38)50-27(5)43/h10-15,21,24,31-36,45H,16-20,22H2,1-9H3/t24?,31?,32?,33-,34+,35?,36+,37+,38-,39-,40+/m1/s1. The fraction of sp³-hybridized carbons (Fsp3) is 0.650. The molecule has 280 valence electrons. The van der Waals surface area contributed by atoms with Crippen LogP contribution in [0.25, 0.3) is 0 Å². The molecule has 0 radical (unpaired) electrons. The summed E-state index contributed by atoms with van der Waals surface area (Å²) in [6.07, 6.45) is 3.88. The van der Waals surface area contributed by atoms with Gasteiger partial charge >= 0.3 is 23.9 Å². The van der Waals surface area contributed by atoms with Crippen LogP contribution in [0.5, 0.6) is 5.75 Å². The van der Waals surface area contributed by atoms with Gasteiger partial charge < -0.3 is 33.5 Å². The van der Waals surface area contributed by atoms with Gasteiger partial charge in [-0.1, -0.05) is 44.2 Å². The van der Waals surface area contributed by atoms with Crippen molar-refractivity contribution in [1.29, 1.82) is 0 Å². The van der Waals surface area contributed by atoms with E-state index >= 15 is 0 Å². The molecular weight excluding hydrogens is 656 g/mol. The minimum atomic E-state index is -1.35. The van der Waals surface area contributed by atoms with Crippen molar-refractivity contribution in [2.24, 2.45) is 34.0 Å². The highest BCUT2D eigenvalue weighted by molar-refractivity contribution is 5.68. The summed E-state index contributed by atoms with van der Waals surface area (Å²) in [5, 5.41) is 13.0. The number of benzene rings is 1. The molecule has 2 saturated carbocycles. The lowest BCUT2D eigenvalue weighted by atomic mass is 9.35. The Balaban J connectivity index is 1.77. The predicted octanol–water partition coefficient (Wildman–Crippen LogP) is 5.31. The van der Waals surface area contributed by atoms with E-state index in [1.165, 1.54) is 27.7 Å². The summed E-state index contributed by atoms with van der Waals surface area (Å²) in [6, 6.07) is 7.71. The topological polar surface area (TPSA) is 144 Å². The minimum absolute atomic E-state index is 0.0481.